The summed E-state index contributed by atoms with van der Waals surface area (Å²) in [4.78, 5) is 11.9. The maximum atomic E-state index is 11.9. The molecule has 3 nitrogen and oxygen atoms in total. The quantitative estimate of drug-likeness (QED) is 0.286. The molecule has 0 saturated carbocycles. The van der Waals surface area contributed by atoms with E-state index in [2.05, 4.69) is 71.9 Å². The van der Waals surface area contributed by atoms with E-state index in [-0.39, 0.29) is 18.2 Å². The monoisotopic (exact) mass is 432 g/mol. The maximum Gasteiger partial charge on any atom is 0.305 e. The molecule has 0 unspecified atom stereocenters. The molecule has 1 fully saturated rings. The van der Waals surface area contributed by atoms with Gasteiger partial charge in [-0.2, -0.15) is 0 Å². The van der Waals surface area contributed by atoms with Gasteiger partial charge in [0.2, 0.25) is 0 Å². The summed E-state index contributed by atoms with van der Waals surface area (Å²) in [5.41, 5.74) is 3.61. The van der Waals surface area contributed by atoms with Gasteiger partial charge in [-0.1, -0.05) is 88.5 Å². The van der Waals surface area contributed by atoms with Crippen LogP contribution in [0.2, 0.25) is 22.7 Å². The van der Waals surface area contributed by atoms with E-state index in [0.29, 0.717) is 18.9 Å². The first kappa shape index (κ1) is 25.1. The molecule has 0 aromatic heterocycles. The highest BCUT2D eigenvalue weighted by molar-refractivity contribution is 6.83. The highest BCUT2D eigenvalue weighted by Gasteiger charge is 2.45. The largest absolute Gasteiger partial charge is 0.466 e. The molecule has 0 radical (unpaired) electrons. The van der Waals surface area contributed by atoms with Gasteiger partial charge >= 0.3 is 5.97 Å². The molecule has 170 valence electrons. The fourth-order valence-corrected chi connectivity index (χ4v) is 12.5. The van der Waals surface area contributed by atoms with Gasteiger partial charge in [-0.25, -0.2) is 0 Å². The first-order valence-electron chi connectivity index (χ1n) is 12.1. The van der Waals surface area contributed by atoms with E-state index in [1.807, 2.05) is 6.92 Å². The lowest BCUT2D eigenvalue weighted by molar-refractivity contribution is -0.144. The molecular formula is C26H44O3Si. The summed E-state index contributed by atoms with van der Waals surface area (Å²) in [5, 5.41) is 0. The molecule has 0 aliphatic carbocycles. The van der Waals surface area contributed by atoms with Crippen molar-refractivity contribution < 1.29 is 14.3 Å². The molecule has 30 heavy (non-hydrogen) atoms. The van der Waals surface area contributed by atoms with Crippen molar-refractivity contribution in [3.63, 3.8) is 0 Å². The van der Waals surface area contributed by atoms with Crippen LogP contribution in [0.5, 0.6) is 0 Å². The van der Waals surface area contributed by atoms with Gasteiger partial charge in [0.1, 0.15) is 0 Å². The van der Waals surface area contributed by atoms with Crippen molar-refractivity contribution in [3.8, 4) is 0 Å². The maximum absolute atomic E-state index is 11.9. The smallest absolute Gasteiger partial charge is 0.305 e. The van der Waals surface area contributed by atoms with E-state index in [9.17, 15) is 4.79 Å². The van der Waals surface area contributed by atoms with Crippen LogP contribution in [-0.4, -0.2) is 32.9 Å². The molecular weight excluding hydrogens is 388 g/mol. The average molecular weight is 433 g/mol. The number of carbonyl (C=O) groups excluding carboxylic acids is 1. The van der Waals surface area contributed by atoms with Crippen LogP contribution in [0.3, 0.4) is 0 Å². The lowest BCUT2D eigenvalue weighted by Gasteiger charge is -2.47. The van der Waals surface area contributed by atoms with Gasteiger partial charge in [-0.3, -0.25) is 4.79 Å². The second kappa shape index (κ2) is 11.5. The Morgan fingerprint density at radius 1 is 1.00 bits per heavy atom. The van der Waals surface area contributed by atoms with Crippen LogP contribution in [0.4, 0.5) is 0 Å². The molecule has 0 N–H and O–H groups in total. The van der Waals surface area contributed by atoms with Crippen molar-refractivity contribution in [2.45, 2.75) is 115 Å². The van der Waals surface area contributed by atoms with Crippen LogP contribution in [0.1, 0.15) is 85.6 Å². The van der Waals surface area contributed by atoms with E-state index in [1.165, 1.54) is 11.6 Å². The Hall–Kier alpha value is -1.13. The third-order valence-corrected chi connectivity index (χ3v) is 15.1. The summed E-state index contributed by atoms with van der Waals surface area (Å²) in [6.45, 7) is 16.9. The molecule has 0 amide bonds. The first-order valence-corrected chi connectivity index (χ1v) is 14.5. The van der Waals surface area contributed by atoms with Gasteiger partial charge in [-0.05, 0) is 43.7 Å². The Labute approximate surface area is 185 Å². The van der Waals surface area contributed by atoms with Crippen molar-refractivity contribution in [2.24, 2.45) is 0 Å². The average Bonchev–Trinajstić information content (AvgIpc) is 2.70. The standard InChI is InChI=1S/C26H44O3Si/c1-8-28-26(27)15-14-24-16-23(22-12-10-9-11-13-22)17-25(29-24)18-30(19(2)3,20(4)5)21(6)7/h9-13,19-21,23-25H,8,14-18H2,1-7H3/t23-,24+,25+/m1/s1. The van der Waals surface area contributed by atoms with Gasteiger partial charge in [-0.15, -0.1) is 0 Å². The highest BCUT2D eigenvalue weighted by Crippen LogP contribution is 2.48. The lowest BCUT2D eigenvalue weighted by Crippen LogP contribution is -2.49. The number of esters is 1. The van der Waals surface area contributed by atoms with Crippen LogP contribution in [0.25, 0.3) is 0 Å². The predicted octanol–water partition coefficient (Wildman–Crippen LogP) is 7.34. The molecule has 3 atom stereocenters. The lowest BCUT2D eigenvalue weighted by atomic mass is 9.85. The van der Waals surface area contributed by atoms with Crippen molar-refractivity contribution in [1.82, 2.24) is 0 Å². The SMILES string of the molecule is CCOC(=O)CC[C@H]1C[C@@H](c2ccccc2)C[C@@H](C[Si](C(C)C)(C(C)C)C(C)C)O1. The third-order valence-electron chi connectivity index (χ3n) is 7.53. The van der Waals surface area contributed by atoms with Crippen molar-refractivity contribution in [3.05, 3.63) is 35.9 Å². The second-order valence-corrected chi connectivity index (χ2v) is 16.2. The Kier molecular flexibility index (Phi) is 9.61. The Balaban J connectivity index is 2.22. The van der Waals surface area contributed by atoms with E-state index in [4.69, 9.17) is 9.47 Å². The van der Waals surface area contributed by atoms with Gasteiger partial charge < -0.3 is 9.47 Å². The molecule has 0 bridgehead atoms. The van der Waals surface area contributed by atoms with Crippen LogP contribution < -0.4 is 0 Å². The van der Waals surface area contributed by atoms with Gasteiger partial charge in [0.05, 0.1) is 26.9 Å². The molecule has 1 heterocycles. The first-order chi connectivity index (χ1) is 14.2. The number of hydrogen-bond acceptors (Lipinski definition) is 3. The Morgan fingerprint density at radius 2 is 1.57 bits per heavy atom. The number of hydrogen-bond donors (Lipinski definition) is 0. The predicted molar refractivity (Wildman–Crippen MR) is 129 cm³/mol. The fraction of sp³-hybridized carbons (Fsp3) is 0.731. The zero-order valence-corrected chi connectivity index (χ0v) is 21.3. The van der Waals surface area contributed by atoms with E-state index < -0.39 is 8.07 Å². The molecule has 4 heteroatoms. The number of rotatable bonds is 10. The molecule has 1 aromatic carbocycles. The minimum atomic E-state index is -1.55. The zero-order chi connectivity index (χ0) is 22.3. The Bertz CT molecular complexity index is 619. The van der Waals surface area contributed by atoms with E-state index >= 15 is 0 Å². The summed E-state index contributed by atoms with van der Waals surface area (Å²) >= 11 is 0. The van der Waals surface area contributed by atoms with E-state index in [1.54, 1.807) is 0 Å². The van der Waals surface area contributed by atoms with Crippen LogP contribution in [0.15, 0.2) is 30.3 Å². The number of benzene rings is 1. The normalized spacial score (nSPS) is 22.7. The highest BCUT2D eigenvalue weighted by atomic mass is 28.3. The molecule has 1 aromatic rings. The van der Waals surface area contributed by atoms with Crippen molar-refractivity contribution >= 4 is 14.0 Å². The molecule has 2 rings (SSSR count). The summed E-state index contributed by atoms with van der Waals surface area (Å²) in [7, 11) is -1.55. The minimum absolute atomic E-state index is 0.102. The summed E-state index contributed by atoms with van der Waals surface area (Å²) < 4.78 is 11.9. The van der Waals surface area contributed by atoms with Crippen molar-refractivity contribution in [2.75, 3.05) is 6.61 Å². The van der Waals surface area contributed by atoms with E-state index in [0.717, 1.165) is 35.9 Å². The third kappa shape index (κ3) is 6.20. The van der Waals surface area contributed by atoms with Gasteiger partial charge in [0, 0.05) is 6.42 Å². The van der Waals surface area contributed by atoms with Crippen LogP contribution in [-0.2, 0) is 14.3 Å². The molecule has 0 spiro atoms. The van der Waals surface area contributed by atoms with Crippen molar-refractivity contribution in [1.29, 1.82) is 0 Å². The minimum Gasteiger partial charge on any atom is -0.466 e. The molecule has 1 aliphatic heterocycles. The van der Waals surface area contributed by atoms with Crippen LogP contribution >= 0.6 is 0 Å². The number of ether oxygens (including phenoxy) is 2. The summed E-state index contributed by atoms with van der Waals surface area (Å²) in [5.74, 6) is 0.407. The van der Waals surface area contributed by atoms with Crippen LogP contribution in [0, 0.1) is 0 Å². The van der Waals surface area contributed by atoms with Gasteiger partial charge in [0.15, 0.2) is 0 Å². The number of carbonyl (C=O) groups is 1. The summed E-state index contributed by atoms with van der Waals surface area (Å²) in [6.07, 6.45) is 3.73. The summed E-state index contributed by atoms with van der Waals surface area (Å²) in [6, 6.07) is 12.1. The zero-order valence-electron chi connectivity index (χ0n) is 20.3. The second-order valence-electron chi connectivity index (χ2n) is 10.1. The molecule has 1 saturated heterocycles. The topological polar surface area (TPSA) is 35.5 Å². The molecule has 1 aliphatic rings. The fourth-order valence-electron chi connectivity index (χ4n) is 6.04. The van der Waals surface area contributed by atoms with Gasteiger partial charge in [0.25, 0.3) is 0 Å². The Morgan fingerprint density at radius 3 is 2.10 bits per heavy atom.